The Labute approximate surface area is 165 Å². The van der Waals surface area contributed by atoms with Crippen LogP contribution in [0.2, 0.25) is 0 Å². The topological polar surface area (TPSA) is 38.1 Å². The van der Waals surface area contributed by atoms with Gasteiger partial charge in [0.2, 0.25) is 0 Å². The van der Waals surface area contributed by atoms with Crippen molar-refractivity contribution in [2.24, 2.45) is 5.92 Å². The van der Waals surface area contributed by atoms with Crippen molar-refractivity contribution in [1.29, 1.82) is 0 Å². The predicted octanol–water partition coefficient (Wildman–Crippen LogP) is 4.91. The molecule has 0 unspecified atom stereocenters. The van der Waals surface area contributed by atoms with Crippen molar-refractivity contribution in [3.8, 4) is 0 Å². The van der Waals surface area contributed by atoms with E-state index in [1.165, 1.54) is 28.0 Å². The van der Waals surface area contributed by atoms with Gasteiger partial charge in [0, 0.05) is 25.5 Å². The van der Waals surface area contributed by atoms with Crippen LogP contribution in [0.1, 0.15) is 46.0 Å². The van der Waals surface area contributed by atoms with Gasteiger partial charge in [-0.05, 0) is 42.3 Å². The lowest BCUT2D eigenvalue weighted by Gasteiger charge is -2.24. The molecule has 3 rings (SSSR count). The number of thiophene rings is 1. The molecule has 1 aromatic carbocycles. The summed E-state index contributed by atoms with van der Waals surface area (Å²) in [7, 11) is 0. The van der Waals surface area contributed by atoms with Gasteiger partial charge in [0.25, 0.3) is 5.91 Å². The third kappa shape index (κ3) is 4.86. The minimum atomic E-state index is 0.0833. The first-order valence-electron chi connectivity index (χ1n) is 9.33. The highest BCUT2D eigenvalue weighted by Crippen LogP contribution is 2.17. The molecule has 0 saturated heterocycles. The Bertz CT molecular complexity index is 896. The Balaban J connectivity index is 1.82. The Hall–Kier alpha value is -2.40. The van der Waals surface area contributed by atoms with Crippen LogP contribution in [0.25, 0.3) is 0 Å². The number of hydrogen-bond acceptors (Lipinski definition) is 3. The van der Waals surface area contributed by atoms with Crippen LogP contribution < -0.4 is 0 Å². The highest BCUT2D eigenvalue weighted by molar-refractivity contribution is 7.12. The summed E-state index contributed by atoms with van der Waals surface area (Å²) in [4.78, 5) is 20.2. The number of aryl methyl sites for hydroxylation is 2. The van der Waals surface area contributed by atoms with E-state index >= 15 is 0 Å². The SMILES string of the molecule is Cc1ccc(C)c(Cn2ccnc2CN(CC(C)C)C(=O)c2cccs2)c1. The maximum Gasteiger partial charge on any atom is 0.264 e. The van der Waals surface area contributed by atoms with E-state index in [9.17, 15) is 4.79 Å². The monoisotopic (exact) mass is 381 g/mol. The summed E-state index contributed by atoms with van der Waals surface area (Å²) in [5, 5.41) is 1.95. The molecule has 1 amide bonds. The maximum atomic E-state index is 12.9. The van der Waals surface area contributed by atoms with Crippen molar-refractivity contribution < 1.29 is 4.79 Å². The van der Waals surface area contributed by atoms with E-state index in [1.807, 2.05) is 34.8 Å². The zero-order valence-electron chi connectivity index (χ0n) is 16.5. The fraction of sp³-hybridized carbons (Fsp3) is 0.364. The lowest BCUT2D eigenvalue weighted by molar-refractivity contribution is 0.0721. The molecule has 5 heteroatoms. The molecule has 3 aromatic rings. The maximum absolute atomic E-state index is 12.9. The average Bonchev–Trinajstić information content (AvgIpc) is 3.29. The van der Waals surface area contributed by atoms with Gasteiger partial charge in [-0.1, -0.05) is 43.7 Å². The number of benzene rings is 1. The molecule has 0 atom stereocenters. The van der Waals surface area contributed by atoms with Crippen molar-refractivity contribution >= 4 is 17.2 Å². The van der Waals surface area contributed by atoms with Crippen LogP contribution in [-0.4, -0.2) is 26.9 Å². The highest BCUT2D eigenvalue weighted by Gasteiger charge is 2.20. The lowest BCUT2D eigenvalue weighted by atomic mass is 10.1. The molecule has 27 heavy (non-hydrogen) atoms. The molecule has 0 N–H and O–H groups in total. The molecule has 0 bridgehead atoms. The fourth-order valence-corrected chi connectivity index (χ4v) is 3.87. The molecule has 4 nitrogen and oxygen atoms in total. The first-order valence-corrected chi connectivity index (χ1v) is 10.2. The van der Waals surface area contributed by atoms with Crippen LogP contribution in [0, 0.1) is 19.8 Å². The van der Waals surface area contributed by atoms with Crippen molar-refractivity contribution in [2.75, 3.05) is 6.54 Å². The second-order valence-corrected chi connectivity index (χ2v) is 8.41. The largest absolute Gasteiger partial charge is 0.330 e. The van der Waals surface area contributed by atoms with Crippen LogP contribution >= 0.6 is 11.3 Å². The number of rotatable bonds is 7. The van der Waals surface area contributed by atoms with E-state index < -0.39 is 0 Å². The summed E-state index contributed by atoms with van der Waals surface area (Å²) in [6.07, 6.45) is 3.82. The van der Waals surface area contributed by atoms with Crippen LogP contribution in [-0.2, 0) is 13.1 Å². The van der Waals surface area contributed by atoms with Crippen molar-refractivity contribution in [2.45, 2.75) is 40.8 Å². The van der Waals surface area contributed by atoms with Gasteiger partial charge in [-0.15, -0.1) is 11.3 Å². The van der Waals surface area contributed by atoms with Gasteiger partial charge < -0.3 is 9.47 Å². The number of imidazole rings is 1. The summed E-state index contributed by atoms with van der Waals surface area (Å²) in [6, 6.07) is 10.3. The van der Waals surface area contributed by atoms with E-state index in [0.29, 0.717) is 19.0 Å². The van der Waals surface area contributed by atoms with Gasteiger partial charge in [-0.2, -0.15) is 0 Å². The van der Waals surface area contributed by atoms with E-state index in [-0.39, 0.29) is 5.91 Å². The summed E-state index contributed by atoms with van der Waals surface area (Å²) < 4.78 is 2.15. The smallest absolute Gasteiger partial charge is 0.264 e. The van der Waals surface area contributed by atoms with E-state index in [4.69, 9.17) is 0 Å². The fourth-order valence-electron chi connectivity index (χ4n) is 3.18. The van der Waals surface area contributed by atoms with E-state index in [2.05, 4.69) is 55.4 Å². The Morgan fingerprint density at radius 3 is 2.78 bits per heavy atom. The van der Waals surface area contributed by atoms with Crippen LogP contribution in [0.5, 0.6) is 0 Å². The molecule has 142 valence electrons. The molecular formula is C22H27N3OS. The second kappa shape index (κ2) is 8.53. The van der Waals surface area contributed by atoms with Gasteiger partial charge in [0.15, 0.2) is 0 Å². The molecule has 2 aromatic heterocycles. The summed E-state index contributed by atoms with van der Waals surface area (Å²) in [5.41, 5.74) is 3.81. The third-order valence-electron chi connectivity index (χ3n) is 4.58. The number of carbonyl (C=O) groups is 1. The molecule has 0 aliphatic carbocycles. The molecule has 0 saturated carbocycles. The van der Waals surface area contributed by atoms with Gasteiger partial charge in [-0.25, -0.2) is 4.98 Å². The van der Waals surface area contributed by atoms with Crippen molar-refractivity contribution in [3.05, 3.63) is 75.5 Å². The molecular weight excluding hydrogens is 354 g/mol. The van der Waals surface area contributed by atoms with Crippen LogP contribution in [0.3, 0.4) is 0 Å². The van der Waals surface area contributed by atoms with Crippen molar-refractivity contribution in [3.63, 3.8) is 0 Å². The van der Waals surface area contributed by atoms with E-state index in [1.54, 1.807) is 0 Å². The van der Waals surface area contributed by atoms with Gasteiger partial charge in [-0.3, -0.25) is 4.79 Å². The van der Waals surface area contributed by atoms with E-state index in [0.717, 1.165) is 17.2 Å². The zero-order valence-corrected chi connectivity index (χ0v) is 17.3. The number of hydrogen-bond donors (Lipinski definition) is 0. The Kier molecular flexibility index (Phi) is 6.11. The van der Waals surface area contributed by atoms with Gasteiger partial charge in [0.05, 0.1) is 11.4 Å². The third-order valence-corrected chi connectivity index (χ3v) is 5.44. The predicted molar refractivity (Wildman–Crippen MR) is 111 cm³/mol. The number of carbonyl (C=O) groups excluding carboxylic acids is 1. The van der Waals surface area contributed by atoms with Gasteiger partial charge >= 0.3 is 0 Å². The first kappa shape index (κ1) is 19.4. The summed E-state index contributed by atoms with van der Waals surface area (Å²) in [6.45, 7) is 10.5. The molecule has 0 aliphatic heterocycles. The first-order chi connectivity index (χ1) is 12.9. The zero-order chi connectivity index (χ0) is 19.4. The average molecular weight is 382 g/mol. The van der Waals surface area contributed by atoms with Crippen LogP contribution in [0.4, 0.5) is 0 Å². The molecule has 0 aliphatic rings. The quantitative estimate of drug-likeness (QED) is 0.583. The van der Waals surface area contributed by atoms with Crippen molar-refractivity contribution in [1.82, 2.24) is 14.5 Å². The number of aromatic nitrogens is 2. The lowest BCUT2D eigenvalue weighted by Crippen LogP contribution is -2.34. The molecule has 2 heterocycles. The minimum Gasteiger partial charge on any atom is -0.330 e. The summed E-state index contributed by atoms with van der Waals surface area (Å²) in [5.74, 6) is 1.40. The summed E-state index contributed by atoms with van der Waals surface area (Å²) >= 11 is 1.49. The minimum absolute atomic E-state index is 0.0833. The second-order valence-electron chi connectivity index (χ2n) is 7.46. The molecule has 0 fully saturated rings. The highest BCUT2D eigenvalue weighted by atomic mass is 32.1. The molecule has 0 radical (unpaired) electrons. The Morgan fingerprint density at radius 2 is 2.07 bits per heavy atom. The number of nitrogens with zero attached hydrogens (tertiary/aromatic N) is 3. The molecule has 0 spiro atoms. The normalized spacial score (nSPS) is 11.1. The standard InChI is InChI=1S/C22H27N3OS/c1-16(2)13-25(22(26)20-6-5-11-27-20)15-21-23-9-10-24(21)14-19-12-17(3)7-8-18(19)4/h5-12,16H,13-15H2,1-4H3. The number of amides is 1. The van der Waals surface area contributed by atoms with Crippen LogP contribution in [0.15, 0.2) is 48.1 Å². The van der Waals surface area contributed by atoms with Gasteiger partial charge in [0.1, 0.15) is 5.82 Å². The Morgan fingerprint density at radius 1 is 1.26 bits per heavy atom.